The van der Waals surface area contributed by atoms with Crippen molar-refractivity contribution in [2.75, 3.05) is 7.11 Å². The maximum atomic E-state index is 12.1. The van der Waals surface area contributed by atoms with Gasteiger partial charge in [0.1, 0.15) is 5.75 Å². The zero-order valence-electron chi connectivity index (χ0n) is 12.1. The number of ether oxygens (including phenoxy) is 1. The summed E-state index contributed by atoms with van der Waals surface area (Å²) < 4.78 is 5.16. The fourth-order valence-electron chi connectivity index (χ4n) is 2.38. The number of hydrogen-bond acceptors (Lipinski definition) is 4. The minimum Gasteiger partial charge on any atom is -0.497 e. The fourth-order valence-corrected chi connectivity index (χ4v) is 2.38. The molecule has 5 heteroatoms. The number of nitrogens with zero attached hydrogens (tertiary/aromatic N) is 1. The number of imide groups is 1. The van der Waals surface area contributed by atoms with Crippen LogP contribution in [0.4, 0.5) is 0 Å². The third-order valence-electron chi connectivity index (χ3n) is 3.39. The lowest BCUT2D eigenvalue weighted by Gasteiger charge is -2.19. The Morgan fingerprint density at radius 3 is 2.75 bits per heavy atom. The van der Waals surface area contributed by atoms with Gasteiger partial charge in [0.25, 0.3) is 0 Å². The maximum Gasteiger partial charge on any atom is 0.247 e. The van der Waals surface area contributed by atoms with Gasteiger partial charge in [-0.2, -0.15) is 0 Å². The number of nitrogens with one attached hydrogen (secondary N) is 1. The first-order valence-corrected chi connectivity index (χ1v) is 6.75. The van der Waals surface area contributed by atoms with E-state index in [0.717, 1.165) is 11.3 Å². The van der Waals surface area contributed by atoms with E-state index >= 15 is 0 Å². The summed E-state index contributed by atoms with van der Waals surface area (Å²) >= 11 is 0. The summed E-state index contributed by atoms with van der Waals surface area (Å²) in [4.78, 5) is 25.2. The van der Waals surface area contributed by atoms with Crippen molar-refractivity contribution in [3.63, 3.8) is 0 Å². The van der Waals surface area contributed by atoms with Crippen LogP contribution in [-0.4, -0.2) is 35.9 Å². The second-order valence-electron chi connectivity index (χ2n) is 5.18. The molecular weight excluding hydrogens is 256 g/mol. The molecule has 1 heterocycles. The van der Waals surface area contributed by atoms with Crippen LogP contribution in [0.5, 0.6) is 5.75 Å². The lowest BCUT2D eigenvalue weighted by Crippen LogP contribution is -2.41. The SMILES string of the molecule is COc1cccc(CNC2CC(=O)N(C(C)C)C2=O)c1. The Morgan fingerprint density at radius 1 is 1.40 bits per heavy atom. The Kier molecular flexibility index (Phi) is 4.39. The minimum absolute atomic E-state index is 0.0846. The van der Waals surface area contributed by atoms with Crippen molar-refractivity contribution in [1.82, 2.24) is 10.2 Å². The summed E-state index contributed by atoms with van der Waals surface area (Å²) in [5, 5.41) is 3.15. The van der Waals surface area contributed by atoms with E-state index in [0.29, 0.717) is 6.54 Å². The molecule has 0 saturated carbocycles. The van der Waals surface area contributed by atoms with Crippen molar-refractivity contribution >= 4 is 11.8 Å². The molecule has 2 amide bonds. The smallest absolute Gasteiger partial charge is 0.247 e. The number of carbonyl (C=O) groups is 2. The molecule has 108 valence electrons. The van der Waals surface area contributed by atoms with Crippen LogP contribution in [0.1, 0.15) is 25.8 Å². The molecule has 1 aliphatic heterocycles. The van der Waals surface area contributed by atoms with Gasteiger partial charge < -0.3 is 10.1 Å². The highest BCUT2D eigenvalue weighted by Crippen LogP contribution is 2.17. The van der Waals surface area contributed by atoms with Gasteiger partial charge in [0.2, 0.25) is 11.8 Å². The Labute approximate surface area is 118 Å². The van der Waals surface area contributed by atoms with Crippen LogP contribution in [0, 0.1) is 0 Å². The number of methoxy groups -OCH3 is 1. The van der Waals surface area contributed by atoms with Crippen LogP contribution in [-0.2, 0) is 16.1 Å². The monoisotopic (exact) mass is 276 g/mol. The molecule has 0 bridgehead atoms. The third-order valence-corrected chi connectivity index (χ3v) is 3.39. The van der Waals surface area contributed by atoms with Gasteiger partial charge >= 0.3 is 0 Å². The average molecular weight is 276 g/mol. The molecule has 0 aliphatic carbocycles. The number of carbonyl (C=O) groups excluding carboxylic acids is 2. The number of benzene rings is 1. The lowest BCUT2D eigenvalue weighted by molar-refractivity contribution is -0.140. The van der Waals surface area contributed by atoms with Crippen LogP contribution < -0.4 is 10.1 Å². The normalized spacial score (nSPS) is 19.0. The van der Waals surface area contributed by atoms with E-state index in [2.05, 4.69) is 5.32 Å². The van der Waals surface area contributed by atoms with E-state index < -0.39 is 6.04 Å². The van der Waals surface area contributed by atoms with Crippen LogP contribution in [0.3, 0.4) is 0 Å². The Morgan fingerprint density at radius 2 is 2.15 bits per heavy atom. The highest BCUT2D eigenvalue weighted by molar-refractivity contribution is 6.05. The van der Waals surface area contributed by atoms with Crippen molar-refractivity contribution in [2.45, 2.75) is 38.9 Å². The Bertz CT molecular complexity index is 514. The first-order valence-electron chi connectivity index (χ1n) is 6.75. The molecule has 1 atom stereocenters. The molecule has 1 unspecified atom stereocenters. The van der Waals surface area contributed by atoms with E-state index in [1.807, 2.05) is 38.1 Å². The summed E-state index contributed by atoms with van der Waals surface area (Å²) in [7, 11) is 1.62. The second-order valence-corrected chi connectivity index (χ2v) is 5.18. The van der Waals surface area contributed by atoms with Gasteiger partial charge in [-0.05, 0) is 31.5 Å². The van der Waals surface area contributed by atoms with Crippen molar-refractivity contribution < 1.29 is 14.3 Å². The average Bonchev–Trinajstić information content (AvgIpc) is 2.71. The van der Waals surface area contributed by atoms with Crippen molar-refractivity contribution in [3.8, 4) is 5.75 Å². The van der Waals surface area contributed by atoms with Gasteiger partial charge in [-0.25, -0.2) is 0 Å². The molecule has 1 saturated heterocycles. The van der Waals surface area contributed by atoms with Crippen molar-refractivity contribution in [3.05, 3.63) is 29.8 Å². The van der Waals surface area contributed by atoms with Gasteiger partial charge in [0.05, 0.1) is 19.6 Å². The molecule has 1 aromatic carbocycles. The van der Waals surface area contributed by atoms with E-state index in [4.69, 9.17) is 4.74 Å². The largest absolute Gasteiger partial charge is 0.497 e. The highest BCUT2D eigenvalue weighted by atomic mass is 16.5. The lowest BCUT2D eigenvalue weighted by atomic mass is 10.2. The molecule has 20 heavy (non-hydrogen) atoms. The van der Waals surface area contributed by atoms with E-state index in [1.54, 1.807) is 7.11 Å². The topological polar surface area (TPSA) is 58.6 Å². The van der Waals surface area contributed by atoms with E-state index in [9.17, 15) is 9.59 Å². The highest BCUT2D eigenvalue weighted by Gasteiger charge is 2.39. The molecule has 1 aliphatic rings. The van der Waals surface area contributed by atoms with Crippen LogP contribution in [0.25, 0.3) is 0 Å². The van der Waals surface area contributed by atoms with Gasteiger partial charge in [-0.15, -0.1) is 0 Å². The maximum absolute atomic E-state index is 12.1. The molecule has 2 rings (SSSR count). The third kappa shape index (κ3) is 2.99. The quantitative estimate of drug-likeness (QED) is 0.824. The summed E-state index contributed by atoms with van der Waals surface area (Å²) in [5.74, 6) is 0.544. The predicted octanol–water partition coefficient (Wildman–Crippen LogP) is 1.32. The molecule has 0 aromatic heterocycles. The van der Waals surface area contributed by atoms with Crippen LogP contribution in [0.15, 0.2) is 24.3 Å². The molecule has 1 N–H and O–H groups in total. The van der Waals surface area contributed by atoms with Gasteiger partial charge in [0.15, 0.2) is 0 Å². The van der Waals surface area contributed by atoms with Crippen LogP contribution in [0.2, 0.25) is 0 Å². The number of rotatable bonds is 5. The minimum atomic E-state index is -0.420. The first kappa shape index (κ1) is 14.5. The Balaban J connectivity index is 1.98. The number of amides is 2. The fraction of sp³-hybridized carbons (Fsp3) is 0.467. The summed E-state index contributed by atoms with van der Waals surface area (Å²) in [6.07, 6.45) is 0.237. The molecule has 1 fully saturated rings. The molecule has 0 spiro atoms. The first-order chi connectivity index (χ1) is 9.52. The number of likely N-dealkylation sites (tertiary alicyclic amines) is 1. The standard InChI is InChI=1S/C15H20N2O3/c1-10(2)17-14(18)8-13(15(17)19)16-9-11-5-4-6-12(7-11)20-3/h4-7,10,13,16H,8-9H2,1-3H3. The van der Waals surface area contributed by atoms with Gasteiger partial charge in [-0.3, -0.25) is 14.5 Å². The van der Waals surface area contributed by atoms with Crippen LogP contribution >= 0.6 is 0 Å². The van der Waals surface area contributed by atoms with Gasteiger partial charge in [0, 0.05) is 12.6 Å². The summed E-state index contributed by atoms with van der Waals surface area (Å²) in [5.41, 5.74) is 1.02. The predicted molar refractivity (Wildman–Crippen MR) is 75.2 cm³/mol. The van der Waals surface area contributed by atoms with E-state index in [-0.39, 0.29) is 24.3 Å². The van der Waals surface area contributed by atoms with Crippen molar-refractivity contribution in [1.29, 1.82) is 0 Å². The van der Waals surface area contributed by atoms with Gasteiger partial charge in [-0.1, -0.05) is 12.1 Å². The Hall–Kier alpha value is -1.88. The van der Waals surface area contributed by atoms with Crippen molar-refractivity contribution in [2.24, 2.45) is 0 Å². The zero-order chi connectivity index (χ0) is 14.7. The molecule has 5 nitrogen and oxygen atoms in total. The zero-order valence-corrected chi connectivity index (χ0v) is 12.1. The molecule has 1 aromatic rings. The summed E-state index contributed by atoms with van der Waals surface area (Å²) in [6, 6.07) is 7.13. The second kappa shape index (κ2) is 6.05. The number of hydrogen-bond donors (Lipinski definition) is 1. The van der Waals surface area contributed by atoms with E-state index in [1.165, 1.54) is 4.90 Å². The summed E-state index contributed by atoms with van der Waals surface area (Å²) in [6.45, 7) is 4.23. The molecular formula is C15H20N2O3. The molecule has 0 radical (unpaired) electrons.